The molecule has 2 amide bonds. The fraction of sp³-hybridized carbons (Fsp3) is 0.588. The van der Waals surface area contributed by atoms with Crippen LogP contribution in [0.5, 0.6) is 0 Å². The quantitative estimate of drug-likeness (QED) is 0.918. The highest BCUT2D eigenvalue weighted by molar-refractivity contribution is 7.99. The van der Waals surface area contributed by atoms with E-state index in [0.29, 0.717) is 11.5 Å². The minimum atomic E-state index is -0.0461. The number of hydrogen-bond donors (Lipinski definition) is 1. The van der Waals surface area contributed by atoms with Crippen molar-refractivity contribution in [3.05, 3.63) is 30.1 Å². The molecule has 2 fully saturated rings. The van der Waals surface area contributed by atoms with E-state index in [2.05, 4.69) is 10.3 Å². The summed E-state index contributed by atoms with van der Waals surface area (Å²) in [4.78, 5) is 30.6. The Morgan fingerprint density at radius 1 is 1.09 bits per heavy atom. The summed E-state index contributed by atoms with van der Waals surface area (Å²) in [6, 6.07) is 3.62. The fourth-order valence-corrected chi connectivity index (χ4v) is 4.20. The number of hydrogen-bond acceptors (Lipinski definition) is 4. The normalized spacial score (nSPS) is 25.0. The van der Waals surface area contributed by atoms with Gasteiger partial charge in [0.1, 0.15) is 0 Å². The molecule has 0 radical (unpaired) electrons. The Morgan fingerprint density at radius 3 is 2.39 bits per heavy atom. The molecular formula is C17H23N3O2S. The van der Waals surface area contributed by atoms with E-state index in [1.165, 1.54) is 0 Å². The molecule has 5 nitrogen and oxygen atoms in total. The molecule has 1 aromatic rings. The third kappa shape index (κ3) is 4.25. The first kappa shape index (κ1) is 16.3. The van der Waals surface area contributed by atoms with Gasteiger partial charge in [0.25, 0.3) is 5.91 Å². The van der Waals surface area contributed by atoms with Crippen LogP contribution < -0.4 is 5.32 Å². The van der Waals surface area contributed by atoms with Gasteiger partial charge in [0.2, 0.25) is 5.91 Å². The lowest BCUT2D eigenvalue weighted by Crippen LogP contribution is -2.44. The molecule has 1 saturated carbocycles. The van der Waals surface area contributed by atoms with Crippen molar-refractivity contribution in [1.29, 1.82) is 0 Å². The monoisotopic (exact) mass is 333 g/mol. The lowest BCUT2D eigenvalue weighted by molar-refractivity contribution is -0.136. The summed E-state index contributed by atoms with van der Waals surface area (Å²) in [5.41, 5.74) is 0.643. The average Bonchev–Trinajstić information content (AvgIpc) is 2.63. The lowest BCUT2D eigenvalue weighted by atomic mass is 9.85. The second-order valence-electron chi connectivity index (χ2n) is 6.20. The number of carbonyl (C=O) groups excluding carboxylic acids is 2. The van der Waals surface area contributed by atoms with Gasteiger partial charge in [-0.25, -0.2) is 0 Å². The largest absolute Gasteiger partial charge is 0.349 e. The zero-order valence-corrected chi connectivity index (χ0v) is 14.1. The molecule has 0 spiro atoms. The Labute approximate surface area is 141 Å². The van der Waals surface area contributed by atoms with Gasteiger partial charge in [-0.1, -0.05) is 0 Å². The summed E-state index contributed by atoms with van der Waals surface area (Å²) in [7, 11) is 0. The van der Waals surface area contributed by atoms with Crippen molar-refractivity contribution >= 4 is 23.6 Å². The van der Waals surface area contributed by atoms with Crippen LogP contribution >= 0.6 is 11.8 Å². The predicted octanol–water partition coefficient (Wildman–Crippen LogP) is 1.95. The Balaban J connectivity index is 1.46. The maximum atomic E-state index is 12.5. The summed E-state index contributed by atoms with van der Waals surface area (Å²) in [6.07, 6.45) is 6.78. The zero-order chi connectivity index (χ0) is 16.1. The first-order valence-corrected chi connectivity index (χ1v) is 9.47. The smallest absolute Gasteiger partial charge is 0.251 e. The molecule has 1 aliphatic heterocycles. The molecule has 0 unspecified atom stereocenters. The average molecular weight is 333 g/mol. The second-order valence-corrected chi connectivity index (χ2v) is 7.42. The highest BCUT2D eigenvalue weighted by atomic mass is 32.2. The van der Waals surface area contributed by atoms with Crippen LogP contribution in [0.1, 0.15) is 36.0 Å². The number of rotatable bonds is 3. The molecule has 1 saturated heterocycles. The van der Waals surface area contributed by atoms with Crippen LogP contribution in [0, 0.1) is 5.92 Å². The summed E-state index contributed by atoms with van der Waals surface area (Å²) in [6.45, 7) is 1.78. The first-order chi connectivity index (χ1) is 11.2. The Kier molecular flexibility index (Phi) is 5.54. The van der Waals surface area contributed by atoms with Gasteiger partial charge >= 0.3 is 0 Å². The SMILES string of the molecule is O=C(NC1CCC(C(=O)N2CCSCC2)CC1)c1ccncc1. The number of carbonyl (C=O) groups is 2. The van der Waals surface area contributed by atoms with Crippen LogP contribution in [0.2, 0.25) is 0 Å². The lowest BCUT2D eigenvalue weighted by Gasteiger charge is -2.34. The summed E-state index contributed by atoms with van der Waals surface area (Å²) in [5, 5.41) is 3.08. The van der Waals surface area contributed by atoms with Crippen molar-refractivity contribution in [2.75, 3.05) is 24.6 Å². The first-order valence-electron chi connectivity index (χ1n) is 8.31. The van der Waals surface area contributed by atoms with Crippen LogP contribution in [-0.2, 0) is 4.79 Å². The molecular weight excluding hydrogens is 310 g/mol. The van der Waals surface area contributed by atoms with E-state index in [9.17, 15) is 9.59 Å². The third-order valence-electron chi connectivity index (χ3n) is 4.68. The molecule has 0 bridgehead atoms. The maximum absolute atomic E-state index is 12.5. The highest BCUT2D eigenvalue weighted by Gasteiger charge is 2.30. The van der Waals surface area contributed by atoms with Gasteiger partial charge in [0.15, 0.2) is 0 Å². The summed E-state index contributed by atoms with van der Waals surface area (Å²) in [5.74, 6) is 2.54. The summed E-state index contributed by atoms with van der Waals surface area (Å²) >= 11 is 1.92. The molecule has 23 heavy (non-hydrogen) atoms. The molecule has 1 aliphatic carbocycles. The van der Waals surface area contributed by atoms with Crippen molar-refractivity contribution in [3.8, 4) is 0 Å². The van der Waals surface area contributed by atoms with Gasteiger partial charge in [-0.2, -0.15) is 11.8 Å². The maximum Gasteiger partial charge on any atom is 0.251 e. The fourth-order valence-electron chi connectivity index (χ4n) is 3.30. The van der Waals surface area contributed by atoms with E-state index in [1.54, 1.807) is 24.5 Å². The van der Waals surface area contributed by atoms with E-state index in [4.69, 9.17) is 0 Å². The van der Waals surface area contributed by atoms with Crippen molar-refractivity contribution in [2.45, 2.75) is 31.7 Å². The molecule has 0 atom stereocenters. The van der Waals surface area contributed by atoms with Crippen molar-refractivity contribution in [3.63, 3.8) is 0 Å². The number of nitrogens with zero attached hydrogens (tertiary/aromatic N) is 2. The number of pyridine rings is 1. The number of thioether (sulfide) groups is 1. The molecule has 3 rings (SSSR count). The molecule has 2 aliphatic rings. The van der Waals surface area contributed by atoms with Crippen LogP contribution in [0.15, 0.2) is 24.5 Å². The van der Waals surface area contributed by atoms with E-state index >= 15 is 0 Å². The van der Waals surface area contributed by atoms with Crippen molar-refractivity contribution < 1.29 is 9.59 Å². The van der Waals surface area contributed by atoms with Gasteiger partial charge in [-0.05, 0) is 37.8 Å². The van der Waals surface area contributed by atoms with Crippen LogP contribution in [0.25, 0.3) is 0 Å². The standard InChI is InChI=1S/C17H23N3O2S/c21-16(13-5-7-18-8-6-13)19-15-3-1-14(2-4-15)17(22)20-9-11-23-12-10-20/h5-8,14-15H,1-4,9-12H2,(H,19,21). The van der Waals surface area contributed by atoms with Gasteiger partial charge in [0.05, 0.1) is 0 Å². The Hall–Kier alpha value is -1.56. The third-order valence-corrected chi connectivity index (χ3v) is 5.62. The Bertz CT molecular complexity index is 538. The molecule has 6 heteroatoms. The van der Waals surface area contributed by atoms with Crippen LogP contribution in [0.4, 0.5) is 0 Å². The summed E-state index contributed by atoms with van der Waals surface area (Å²) < 4.78 is 0. The minimum absolute atomic E-state index is 0.0461. The zero-order valence-electron chi connectivity index (χ0n) is 13.2. The number of amides is 2. The van der Waals surface area contributed by atoms with E-state index < -0.39 is 0 Å². The number of nitrogens with one attached hydrogen (secondary N) is 1. The molecule has 0 aromatic carbocycles. The number of aromatic nitrogens is 1. The van der Waals surface area contributed by atoms with Crippen LogP contribution in [-0.4, -0.2) is 52.3 Å². The van der Waals surface area contributed by atoms with E-state index in [-0.39, 0.29) is 17.9 Å². The second kappa shape index (κ2) is 7.81. The van der Waals surface area contributed by atoms with Crippen molar-refractivity contribution in [1.82, 2.24) is 15.2 Å². The molecule has 1 N–H and O–H groups in total. The predicted molar refractivity (Wildman–Crippen MR) is 91.4 cm³/mol. The van der Waals surface area contributed by atoms with E-state index in [0.717, 1.165) is 50.3 Å². The van der Waals surface area contributed by atoms with Gasteiger partial charge in [0, 0.05) is 54.5 Å². The van der Waals surface area contributed by atoms with E-state index in [1.807, 2.05) is 16.7 Å². The minimum Gasteiger partial charge on any atom is -0.349 e. The molecule has 2 heterocycles. The van der Waals surface area contributed by atoms with Gasteiger partial charge in [-0.15, -0.1) is 0 Å². The topological polar surface area (TPSA) is 62.3 Å². The van der Waals surface area contributed by atoms with Crippen molar-refractivity contribution in [2.24, 2.45) is 5.92 Å². The molecule has 124 valence electrons. The van der Waals surface area contributed by atoms with Gasteiger partial charge < -0.3 is 10.2 Å². The van der Waals surface area contributed by atoms with Gasteiger partial charge in [-0.3, -0.25) is 14.6 Å². The van der Waals surface area contributed by atoms with Crippen LogP contribution in [0.3, 0.4) is 0 Å². The Morgan fingerprint density at radius 2 is 1.74 bits per heavy atom. The molecule has 1 aromatic heterocycles. The highest BCUT2D eigenvalue weighted by Crippen LogP contribution is 2.27.